The van der Waals surface area contributed by atoms with Gasteiger partial charge < -0.3 is 14.9 Å². The molecule has 0 amide bonds. The van der Waals surface area contributed by atoms with E-state index in [0.717, 1.165) is 12.3 Å². The molecule has 0 atom stereocenters. The third kappa shape index (κ3) is 2.92. The fourth-order valence-corrected chi connectivity index (χ4v) is 1.70. The maximum absolute atomic E-state index is 13.9. The maximum atomic E-state index is 13.9. The Labute approximate surface area is 114 Å². The Kier molecular flexibility index (Phi) is 4.27. The van der Waals surface area contributed by atoms with Crippen LogP contribution >= 0.6 is 0 Å². The van der Waals surface area contributed by atoms with E-state index in [1.54, 1.807) is 24.3 Å². The van der Waals surface area contributed by atoms with Gasteiger partial charge in [-0.2, -0.15) is 0 Å². The largest absolute Gasteiger partial charge is 0.478 e. The molecule has 5 nitrogen and oxygen atoms in total. The zero-order valence-corrected chi connectivity index (χ0v) is 10.4. The van der Waals surface area contributed by atoms with E-state index in [9.17, 15) is 9.18 Å². The van der Waals surface area contributed by atoms with Crippen molar-refractivity contribution in [2.45, 2.75) is 6.42 Å². The molecule has 0 aliphatic rings. The van der Waals surface area contributed by atoms with Gasteiger partial charge in [0, 0.05) is 12.8 Å². The smallest absolute Gasteiger partial charge is 0.338 e. The second-order valence-electron chi connectivity index (χ2n) is 3.97. The Morgan fingerprint density at radius 2 is 2.05 bits per heavy atom. The number of carboxylic acids is 1. The van der Waals surface area contributed by atoms with Crippen LogP contribution in [0.25, 0.3) is 0 Å². The Morgan fingerprint density at radius 3 is 2.75 bits per heavy atom. The molecule has 6 heteroatoms. The van der Waals surface area contributed by atoms with Crippen molar-refractivity contribution in [3.8, 4) is 11.6 Å². The van der Waals surface area contributed by atoms with Crippen LogP contribution in [0.3, 0.4) is 0 Å². The molecule has 0 fully saturated rings. The molecular formula is C14H12FNO4. The standard InChI is InChI=1S/C14H12FNO4/c15-12-10(14(18)19)5-7-16-13(12)20-11-4-2-1-3-9(11)6-8-17/h1-5,7,17H,6,8H2,(H,18,19). The second kappa shape index (κ2) is 6.12. The maximum Gasteiger partial charge on any atom is 0.338 e. The third-order valence-electron chi connectivity index (χ3n) is 2.65. The second-order valence-corrected chi connectivity index (χ2v) is 3.97. The highest BCUT2D eigenvalue weighted by Crippen LogP contribution is 2.27. The van der Waals surface area contributed by atoms with Crippen LogP contribution in [0.1, 0.15) is 15.9 Å². The quantitative estimate of drug-likeness (QED) is 0.876. The van der Waals surface area contributed by atoms with Crippen LogP contribution in [0.15, 0.2) is 36.5 Å². The molecule has 0 aliphatic carbocycles. The van der Waals surface area contributed by atoms with Gasteiger partial charge in [0.05, 0.1) is 0 Å². The molecule has 0 spiro atoms. The Morgan fingerprint density at radius 1 is 1.30 bits per heavy atom. The van der Waals surface area contributed by atoms with Gasteiger partial charge in [0.2, 0.25) is 0 Å². The molecule has 2 rings (SSSR count). The van der Waals surface area contributed by atoms with Crippen molar-refractivity contribution in [2.24, 2.45) is 0 Å². The SMILES string of the molecule is O=C(O)c1ccnc(Oc2ccccc2CCO)c1F. The number of aromatic carboxylic acids is 1. The molecule has 0 bridgehead atoms. The molecule has 1 aromatic carbocycles. The van der Waals surface area contributed by atoms with Gasteiger partial charge in [-0.05, 0) is 24.1 Å². The van der Waals surface area contributed by atoms with Gasteiger partial charge >= 0.3 is 5.97 Å². The van der Waals surface area contributed by atoms with E-state index >= 15 is 0 Å². The number of aliphatic hydroxyl groups is 1. The molecular weight excluding hydrogens is 265 g/mol. The highest BCUT2D eigenvalue weighted by atomic mass is 19.1. The third-order valence-corrected chi connectivity index (χ3v) is 2.65. The first-order valence-electron chi connectivity index (χ1n) is 5.88. The number of aliphatic hydroxyl groups excluding tert-OH is 1. The van der Waals surface area contributed by atoms with Crippen molar-refractivity contribution in [2.75, 3.05) is 6.61 Å². The summed E-state index contributed by atoms with van der Waals surface area (Å²) in [6, 6.07) is 7.83. The summed E-state index contributed by atoms with van der Waals surface area (Å²) in [7, 11) is 0. The average molecular weight is 277 g/mol. The molecule has 2 N–H and O–H groups in total. The van der Waals surface area contributed by atoms with Gasteiger partial charge in [-0.15, -0.1) is 0 Å². The average Bonchev–Trinajstić information content (AvgIpc) is 2.43. The Balaban J connectivity index is 2.35. The van der Waals surface area contributed by atoms with Crippen LogP contribution in [-0.2, 0) is 6.42 Å². The predicted molar refractivity (Wildman–Crippen MR) is 68.5 cm³/mol. The highest BCUT2D eigenvalue weighted by Gasteiger charge is 2.17. The highest BCUT2D eigenvalue weighted by molar-refractivity contribution is 5.88. The number of benzene rings is 1. The first-order chi connectivity index (χ1) is 9.63. The summed E-state index contributed by atoms with van der Waals surface area (Å²) in [4.78, 5) is 14.5. The Hall–Kier alpha value is -2.47. The molecule has 20 heavy (non-hydrogen) atoms. The van der Waals surface area contributed by atoms with Gasteiger partial charge in [-0.25, -0.2) is 14.2 Å². The normalized spacial score (nSPS) is 10.3. The minimum Gasteiger partial charge on any atom is -0.478 e. The monoisotopic (exact) mass is 277 g/mol. The molecule has 0 unspecified atom stereocenters. The van der Waals surface area contributed by atoms with Crippen molar-refractivity contribution < 1.29 is 24.1 Å². The lowest BCUT2D eigenvalue weighted by molar-refractivity contribution is 0.0690. The number of hydrogen-bond donors (Lipinski definition) is 2. The number of carbonyl (C=O) groups is 1. The summed E-state index contributed by atoms with van der Waals surface area (Å²) in [6.45, 7) is -0.0779. The zero-order valence-electron chi connectivity index (χ0n) is 10.4. The summed E-state index contributed by atoms with van der Waals surface area (Å²) in [6.07, 6.45) is 1.51. The van der Waals surface area contributed by atoms with Gasteiger partial charge in [0.15, 0.2) is 5.82 Å². The van der Waals surface area contributed by atoms with Gasteiger partial charge in [-0.1, -0.05) is 18.2 Å². The molecule has 0 aliphatic heterocycles. The van der Waals surface area contributed by atoms with E-state index < -0.39 is 23.2 Å². The van der Waals surface area contributed by atoms with Gasteiger partial charge in [0.1, 0.15) is 11.3 Å². The Bertz CT molecular complexity index is 630. The first kappa shape index (κ1) is 14.0. The number of nitrogens with zero attached hydrogens (tertiary/aromatic N) is 1. The number of carboxylic acid groups (broad SMARTS) is 1. The lowest BCUT2D eigenvalue weighted by Gasteiger charge is -2.10. The molecule has 0 saturated heterocycles. The lowest BCUT2D eigenvalue weighted by atomic mass is 10.1. The van der Waals surface area contributed by atoms with Crippen molar-refractivity contribution in [3.05, 3.63) is 53.5 Å². The van der Waals surface area contributed by atoms with E-state index in [4.69, 9.17) is 14.9 Å². The minimum atomic E-state index is -1.39. The number of pyridine rings is 1. The fourth-order valence-electron chi connectivity index (χ4n) is 1.70. The molecule has 0 saturated carbocycles. The van der Waals surface area contributed by atoms with Crippen LogP contribution in [0.5, 0.6) is 11.6 Å². The molecule has 104 valence electrons. The van der Waals surface area contributed by atoms with Crippen molar-refractivity contribution in [1.82, 2.24) is 4.98 Å². The number of halogens is 1. The van der Waals surface area contributed by atoms with Gasteiger partial charge in [-0.3, -0.25) is 0 Å². The summed E-state index contributed by atoms with van der Waals surface area (Å²) in [5.41, 5.74) is 0.173. The summed E-state index contributed by atoms with van der Waals surface area (Å²) in [5.74, 6) is -2.50. The fraction of sp³-hybridized carbons (Fsp3) is 0.143. The number of rotatable bonds is 5. The van der Waals surface area contributed by atoms with Crippen LogP contribution in [0, 0.1) is 5.82 Å². The molecule has 1 aromatic heterocycles. The molecule has 2 aromatic rings. The summed E-state index contributed by atoms with van der Waals surface area (Å²) in [5, 5.41) is 17.8. The molecule has 1 heterocycles. The number of hydrogen-bond acceptors (Lipinski definition) is 4. The number of ether oxygens (including phenoxy) is 1. The first-order valence-corrected chi connectivity index (χ1v) is 5.88. The summed E-state index contributed by atoms with van der Waals surface area (Å²) < 4.78 is 19.2. The predicted octanol–water partition coefficient (Wildman–Crippen LogP) is 2.25. The van der Waals surface area contributed by atoms with Crippen molar-refractivity contribution in [3.63, 3.8) is 0 Å². The van der Waals surface area contributed by atoms with E-state index in [1.807, 2.05) is 0 Å². The number of aromatic nitrogens is 1. The summed E-state index contributed by atoms with van der Waals surface area (Å²) >= 11 is 0. The van der Waals surface area contributed by atoms with E-state index in [2.05, 4.69) is 4.98 Å². The van der Waals surface area contributed by atoms with Gasteiger partial charge in [0.25, 0.3) is 5.88 Å². The van der Waals surface area contributed by atoms with Crippen molar-refractivity contribution >= 4 is 5.97 Å². The van der Waals surface area contributed by atoms with E-state index in [1.165, 1.54) is 0 Å². The minimum absolute atomic E-state index is 0.0779. The topological polar surface area (TPSA) is 79.7 Å². The zero-order chi connectivity index (χ0) is 14.5. The number of para-hydroxylation sites is 1. The van der Waals surface area contributed by atoms with Crippen LogP contribution in [0.2, 0.25) is 0 Å². The van der Waals surface area contributed by atoms with Crippen LogP contribution in [0.4, 0.5) is 4.39 Å². The van der Waals surface area contributed by atoms with Crippen LogP contribution < -0.4 is 4.74 Å². The van der Waals surface area contributed by atoms with Crippen molar-refractivity contribution in [1.29, 1.82) is 0 Å². The molecule has 0 radical (unpaired) electrons. The van der Waals surface area contributed by atoms with E-state index in [0.29, 0.717) is 17.7 Å². The van der Waals surface area contributed by atoms with E-state index in [-0.39, 0.29) is 6.61 Å². The lowest BCUT2D eigenvalue weighted by Crippen LogP contribution is -2.04. The van der Waals surface area contributed by atoms with Crippen LogP contribution in [-0.4, -0.2) is 27.8 Å².